The summed E-state index contributed by atoms with van der Waals surface area (Å²) in [5.41, 5.74) is 0.781. The molecule has 2 saturated carbocycles. The molecule has 2 rings (SSSR count). The average molecular weight is 166 g/mol. The van der Waals surface area contributed by atoms with Crippen molar-refractivity contribution in [3.63, 3.8) is 0 Å². The molecule has 0 aromatic heterocycles. The summed E-state index contributed by atoms with van der Waals surface area (Å²) in [4.78, 5) is 0. The van der Waals surface area contributed by atoms with E-state index in [1.807, 2.05) is 0 Å². The van der Waals surface area contributed by atoms with Crippen LogP contribution in [0.15, 0.2) is 0 Å². The first kappa shape index (κ1) is 8.59. The van der Waals surface area contributed by atoms with Crippen molar-refractivity contribution >= 4 is 0 Å². The third-order valence-corrected chi connectivity index (χ3v) is 4.22. The lowest BCUT2D eigenvalue weighted by Crippen LogP contribution is -2.14. The number of rotatable bonds is 3. The summed E-state index contributed by atoms with van der Waals surface area (Å²) in [6.07, 6.45) is 10.6. The molecule has 0 aliphatic heterocycles. The monoisotopic (exact) mass is 166 g/mol. The summed E-state index contributed by atoms with van der Waals surface area (Å²) in [6, 6.07) is 0. The van der Waals surface area contributed by atoms with Crippen molar-refractivity contribution in [2.45, 2.75) is 58.8 Å². The zero-order valence-electron chi connectivity index (χ0n) is 8.60. The van der Waals surface area contributed by atoms with Crippen LogP contribution in [0, 0.1) is 17.3 Å². The van der Waals surface area contributed by atoms with Gasteiger partial charge in [0.15, 0.2) is 0 Å². The van der Waals surface area contributed by atoms with Gasteiger partial charge in [0, 0.05) is 0 Å². The van der Waals surface area contributed by atoms with Crippen LogP contribution in [0.2, 0.25) is 0 Å². The first-order valence-corrected chi connectivity index (χ1v) is 5.73. The fourth-order valence-corrected chi connectivity index (χ4v) is 3.56. The Labute approximate surface area is 76.7 Å². The maximum absolute atomic E-state index is 2.51. The predicted octanol–water partition coefficient (Wildman–Crippen LogP) is 4.00. The molecule has 12 heavy (non-hydrogen) atoms. The van der Waals surface area contributed by atoms with Crippen molar-refractivity contribution in [1.82, 2.24) is 0 Å². The van der Waals surface area contributed by atoms with E-state index in [1.54, 1.807) is 19.3 Å². The fourth-order valence-electron chi connectivity index (χ4n) is 3.56. The Hall–Kier alpha value is 0. The minimum absolute atomic E-state index is 0.781. The van der Waals surface area contributed by atoms with Gasteiger partial charge in [-0.1, -0.05) is 33.1 Å². The molecule has 2 fully saturated rings. The highest BCUT2D eigenvalue weighted by Crippen LogP contribution is 2.57. The van der Waals surface area contributed by atoms with Crippen LogP contribution in [0.4, 0.5) is 0 Å². The molecular formula is C12H22. The maximum Gasteiger partial charge on any atom is -0.0320 e. The molecule has 3 atom stereocenters. The average Bonchev–Trinajstić information content (AvgIpc) is 2.55. The second-order valence-corrected chi connectivity index (χ2v) is 5.42. The Kier molecular flexibility index (Phi) is 2.18. The van der Waals surface area contributed by atoms with Crippen LogP contribution >= 0.6 is 0 Å². The third kappa shape index (κ3) is 1.41. The first-order chi connectivity index (χ1) is 5.73. The summed E-state index contributed by atoms with van der Waals surface area (Å²) in [6.45, 7) is 4.83. The van der Waals surface area contributed by atoms with Crippen LogP contribution in [-0.2, 0) is 0 Å². The van der Waals surface area contributed by atoms with E-state index in [0.717, 1.165) is 17.3 Å². The molecule has 0 spiro atoms. The number of hydrogen-bond donors (Lipinski definition) is 0. The van der Waals surface area contributed by atoms with Gasteiger partial charge in [-0.25, -0.2) is 0 Å². The Morgan fingerprint density at radius 3 is 2.67 bits per heavy atom. The van der Waals surface area contributed by atoms with Crippen LogP contribution in [0.1, 0.15) is 58.8 Å². The van der Waals surface area contributed by atoms with E-state index in [4.69, 9.17) is 0 Å². The molecular weight excluding hydrogens is 144 g/mol. The van der Waals surface area contributed by atoms with Crippen LogP contribution in [0.3, 0.4) is 0 Å². The summed E-state index contributed by atoms with van der Waals surface area (Å²) in [7, 11) is 0. The van der Waals surface area contributed by atoms with Crippen molar-refractivity contribution in [2.24, 2.45) is 17.3 Å². The molecule has 0 radical (unpaired) electrons. The molecule has 0 heterocycles. The van der Waals surface area contributed by atoms with E-state index in [1.165, 1.54) is 25.7 Å². The fraction of sp³-hybridized carbons (Fsp3) is 1.00. The van der Waals surface area contributed by atoms with Crippen LogP contribution in [-0.4, -0.2) is 0 Å². The maximum atomic E-state index is 2.51. The van der Waals surface area contributed by atoms with Gasteiger partial charge in [0.25, 0.3) is 0 Å². The smallest absolute Gasteiger partial charge is 0.0320 e. The van der Waals surface area contributed by atoms with Gasteiger partial charge >= 0.3 is 0 Å². The highest BCUT2D eigenvalue weighted by molar-refractivity contribution is 4.97. The van der Waals surface area contributed by atoms with Gasteiger partial charge < -0.3 is 0 Å². The Bertz CT molecular complexity index is 161. The van der Waals surface area contributed by atoms with Crippen molar-refractivity contribution in [1.29, 1.82) is 0 Å². The second-order valence-electron chi connectivity index (χ2n) is 5.42. The molecule has 0 saturated heterocycles. The number of hydrogen-bond acceptors (Lipinski definition) is 0. The Balaban J connectivity index is 1.87. The van der Waals surface area contributed by atoms with Gasteiger partial charge in [-0.15, -0.1) is 0 Å². The molecule has 0 aromatic carbocycles. The molecule has 2 aliphatic carbocycles. The lowest BCUT2D eigenvalue weighted by molar-refractivity contribution is 0.253. The van der Waals surface area contributed by atoms with Crippen LogP contribution in [0.5, 0.6) is 0 Å². The Morgan fingerprint density at radius 1 is 1.33 bits per heavy atom. The largest absolute Gasteiger partial charge is 0.0654 e. The molecule has 3 unspecified atom stereocenters. The van der Waals surface area contributed by atoms with Crippen molar-refractivity contribution in [2.75, 3.05) is 0 Å². The van der Waals surface area contributed by atoms with Gasteiger partial charge in [-0.3, -0.25) is 0 Å². The molecule has 2 bridgehead atoms. The lowest BCUT2D eigenvalue weighted by Gasteiger charge is -2.26. The zero-order chi connectivity index (χ0) is 8.60. The van der Waals surface area contributed by atoms with Crippen molar-refractivity contribution in [3.8, 4) is 0 Å². The minimum Gasteiger partial charge on any atom is -0.0654 e. The summed E-state index contributed by atoms with van der Waals surface area (Å²) >= 11 is 0. The zero-order valence-corrected chi connectivity index (χ0v) is 8.60. The highest BCUT2D eigenvalue weighted by atomic mass is 14.5. The standard InChI is InChI=1S/C12H22/c1-3-4-5-10-8-12(2)7-6-11(10)9-12/h10-11H,3-9H2,1-2H3. The third-order valence-electron chi connectivity index (χ3n) is 4.22. The molecule has 0 N–H and O–H groups in total. The quantitative estimate of drug-likeness (QED) is 0.594. The predicted molar refractivity (Wildman–Crippen MR) is 53.1 cm³/mol. The summed E-state index contributed by atoms with van der Waals surface area (Å²) in [5.74, 6) is 2.24. The van der Waals surface area contributed by atoms with Gasteiger partial charge in [0.05, 0.1) is 0 Å². The van der Waals surface area contributed by atoms with Gasteiger partial charge in [0.1, 0.15) is 0 Å². The summed E-state index contributed by atoms with van der Waals surface area (Å²) < 4.78 is 0. The molecule has 2 aliphatic rings. The number of fused-ring (bicyclic) bond motifs is 2. The van der Waals surface area contributed by atoms with Crippen molar-refractivity contribution < 1.29 is 0 Å². The van der Waals surface area contributed by atoms with Crippen molar-refractivity contribution in [3.05, 3.63) is 0 Å². The van der Waals surface area contributed by atoms with Crippen LogP contribution < -0.4 is 0 Å². The van der Waals surface area contributed by atoms with Crippen LogP contribution in [0.25, 0.3) is 0 Å². The van der Waals surface area contributed by atoms with Gasteiger partial charge in [0.2, 0.25) is 0 Å². The number of unbranched alkanes of at least 4 members (excludes halogenated alkanes) is 1. The Morgan fingerprint density at radius 2 is 2.17 bits per heavy atom. The lowest BCUT2D eigenvalue weighted by atomic mass is 9.80. The molecule has 0 heteroatoms. The van der Waals surface area contributed by atoms with Gasteiger partial charge in [-0.05, 0) is 42.9 Å². The normalized spacial score (nSPS) is 45.5. The van der Waals surface area contributed by atoms with E-state index in [9.17, 15) is 0 Å². The van der Waals surface area contributed by atoms with E-state index in [-0.39, 0.29) is 0 Å². The van der Waals surface area contributed by atoms with E-state index >= 15 is 0 Å². The molecule has 0 amide bonds. The van der Waals surface area contributed by atoms with Gasteiger partial charge in [-0.2, -0.15) is 0 Å². The molecule has 0 aromatic rings. The minimum atomic E-state index is 0.781. The van der Waals surface area contributed by atoms with E-state index < -0.39 is 0 Å². The molecule has 0 nitrogen and oxygen atoms in total. The summed E-state index contributed by atoms with van der Waals surface area (Å²) in [5, 5.41) is 0. The highest BCUT2D eigenvalue weighted by Gasteiger charge is 2.46. The second kappa shape index (κ2) is 3.05. The van der Waals surface area contributed by atoms with E-state index in [0.29, 0.717) is 0 Å². The first-order valence-electron chi connectivity index (χ1n) is 5.73. The molecule has 70 valence electrons. The van der Waals surface area contributed by atoms with E-state index in [2.05, 4.69) is 13.8 Å². The topological polar surface area (TPSA) is 0 Å². The SMILES string of the molecule is CCCCC1CC2(C)CCC1C2.